The summed E-state index contributed by atoms with van der Waals surface area (Å²) in [7, 11) is 0. The van der Waals surface area contributed by atoms with Gasteiger partial charge < -0.3 is 9.42 Å². The Balaban J connectivity index is 1.62. The molecule has 126 valence electrons. The van der Waals surface area contributed by atoms with Gasteiger partial charge in [-0.05, 0) is 37.5 Å². The molecule has 3 aromatic heterocycles. The fourth-order valence-electron chi connectivity index (χ4n) is 2.96. The highest BCUT2D eigenvalue weighted by Crippen LogP contribution is 2.31. The Morgan fingerprint density at radius 1 is 1.12 bits per heavy atom. The molecular formula is C17H16N6O2. The number of carbonyl (C=O) groups is 1. The highest BCUT2D eigenvalue weighted by molar-refractivity contribution is 5.94. The molecule has 0 aromatic carbocycles. The molecule has 25 heavy (non-hydrogen) atoms. The Morgan fingerprint density at radius 3 is 2.80 bits per heavy atom. The van der Waals surface area contributed by atoms with Gasteiger partial charge in [0.15, 0.2) is 0 Å². The van der Waals surface area contributed by atoms with Gasteiger partial charge in [-0.15, -0.1) is 0 Å². The fraction of sp³-hybridized carbons (Fsp3) is 0.294. The van der Waals surface area contributed by atoms with Crippen molar-refractivity contribution in [1.82, 2.24) is 30.0 Å². The number of hydrogen-bond donors (Lipinski definition) is 0. The zero-order valence-electron chi connectivity index (χ0n) is 13.4. The molecule has 4 rings (SSSR count). The lowest BCUT2D eigenvalue weighted by atomic mass is 10.0. The minimum Gasteiger partial charge on any atom is -0.337 e. The van der Waals surface area contributed by atoms with Crippen molar-refractivity contribution in [1.29, 1.82) is 0 Å². The van der Waals surface area contributed by atoms with Crippen LogP contribution in [0.5, 0.6) is 0 Å². The molecule has 3 aromatic rings. The monoisotopic (exact) mass is 336 g/mol. The average molecular weight is 336 g/mol. The van der Waals surface area contributed by atoms with Crippen molar-refractivity contribution < 1.29 is 9.32 Å². The lowest BCUT2D eigenvalue weighted by molar-refractivity contribution is 0.0561. The van der Waals surface area contributed by atoms with E-state index in [-0.39, 0.29) is 11.9 Å². The van der Waals surface area contributed by atoms with Gasteiger partial charge in [-0.3, -0.25) is 9.78 Å². The smallest absolute Gasteiger partial charge is 0.256 e. The van der Waals surface area contributed by atoms with Gasteiger partial charge in [0.25, 0.3) is 5.91 Å². The highest BCUT2D eigenvalue weighted by Gasteiger charge is 2.33. The van der Waals surface area contributed by atoms with E-state index in [9.17, 15) is 4.79 Å². The van der Waals surface area contributed by atoms with Gasteiger partial charge in [0.1, 0.15) is 6.04 Å². The quantitative estimate of drug-likeness (QED) is 0.723. The van der Waals surface area contributed by atoms with E-state index in [1.807, 2.05) is 0 Å². The van der Waals surface area contributed by atoms with Crippen LogP contribution in [0, 0.1) is 0 Å². The average Bonchev–Trinajstić information content (AvgIpc) is 3.19. The number of aromatic nitrogens is 5. The van der Waals surface area contributed by atoms with Gasteiger partial charge >= 0.3 is 0 Å². The summed E-state index contributed by atoms with van der Waals surface area (Å²) in [5, 5.41) is 3.97. The number of likely N-dealkylation sites (tertiary alicyclic amines) is 1. The first-order chi connectivity index (χ1) is 12.3. The molecule has 0 bridgehead atoms. The molecule has 0 saturated carbocycles. The number of piperidine rings is 1. The Hall–Kier alpha value is -3.16. The van der Waals surface area contributed by atoms with Gasteiger partial charge in [0, 0.05) is 31.3 Å². The molecule has 1 saturated heterocycles. The summed E-state index contributed by atoms with van der Waals surface area (Å²) in [4.78, 5) is 31.3. The minimum absolute atomic E-state index is 0.0755. The van der Waals surface area contributed by atoms with Crippen molar-refractivity contribution in [3.63, 3.8) is 0 Å². The summed E-state index contributed by atoms with van der Waals surface area (Å²) in [5.41, 5.74) is 0.556. The van der Waals surface area contributed by atoms with Crippen LogP contribution in [0.1, 0.15) is 41.6 Å². The van der Waals surface area contributed by atoms with Crippen LogP contribution >= 0.6 is 0 Å². The maximum Gasteiger partial charge on any atom is 0.256 e. The van der Waals surface area contributed by atoms with E-state index in [2.05, 4.69) is 25.1 Å². The molecule has 1 aliphatic heterocycles. The topological polar surface area (TPSA) is 97.9 Å². The van der Waals surface area contributed by atoms with Crippen LogP contribution in [0.25, 0.3) is 11.6 Å². The first kappa shape index (κ1) is 15.4. The Bertz CT molecular complexity index is 852. The number of pyridine rings is 1. The predicted molar refractivity (Wildman–Crippen MR) is 87.2 cm³/mol. The Labute approximate surface area is 143 Å². The van der Waals surface area contributed by atoms with E-state index in [1.54, 1.807) is 47.9 Å². The Kier molecular flexibility index (Phi) is 4.16. The largest absolute Gasteiger partial charge is 0.337 e. The third-order valence-electron chi connectivity index (χ3n) is 4.16. The van der Waals surface area contributed by atoms with Gasteiger partial charge in [-0.25, -0.2) is 9.97 Å². The van der Waals surface area contributed by atoms with Crippen molar-refractivity contribution in [3.05, 3.63) is 54.4 Å². The number of carbonyl (C=O) groups excluding carboxylic acids is 1. The van der Waals surface area contributed by atoms with Gasteiger partial charge in [0.2, 0.25) is 17.5 Å². The predicted octanol–water partition coefficient (Wildman–Crippen LogP) is 2.29. The number of nitrogens with zero attached hydrogens (tertiary/aromatic N) is 6. The third kappa shape index (κ3) is 3.10. The first-order valence-corrected chi connectivity index (χ1v) is 8.15. The zero-order chi connectivity index (χ0) is 17.1. The van der Waals surface area contributed by atoms with Crippen LogP contribution in [0.15, 0.2) is 47.5 Å². The molecule has 8 nitrogen and oxygen atoms in total. The molecule has 0 N–H and O–H groups in total. The number of hydrogen-bond acceptors (Lipinski definition) is 7. The van der Waals surface area contributed by atoms with Crippen molar-refractivity contribution in [2.45, 2.75) is 25.3 Å². The standard InChI is InChI=1S/C17H16N6O2/c24-17(12-5-3-7-18-11-12)23-10-2-1-6-13(23)16-21-15(22-25-16)14-19-8-4-9-20-14/h3-5,7-9,11,13H,1-2,6,10H2/t13-/m1/s1. The van der Waals surface area contributed by atoms with Crippen LogP contribution in [0.3, 0.4) is 0 Å². The van der Waals surface area contributed by atoms with Gasteiger partial charge in [-0.1, -0.05) is 5.16 Å². The lowest BCUT2D eigenvalue weighted by Gasteiger charge is -2.33. The summed E-state index contributed by atoms with van der Waals surface area (Å²) in [6.45, 7) is 0.651. The van der Waals surface area contributed by atoms with Crippen molar-refractivity contribution in [2.75, 3.05) is 6.54 Å². The molecular weight excluding hydrogens is 320 g/mol. The number of amides is 1. The summed E-state index contributed by atoms with van der Waals surface area (Å²) in [6, 6.07) is 4.99. The van der Waals surface area contributed by atoms with E-state index in [4.69, 9.17) is 4.52 Å². The molecule has 1 amide bonds. The van der Waals surface area contributed by atoms with E-state index in [0.717, 1.165) is 19.3 Å². The minimum atomic E-state index is -0.244. The molecule has 0 unspecified atom stereocenters. The van der Waals surface area contributed by atoms with Crippen LogP contribution in [0.2, 0.25) is 0 Å². The van der Waals surface area contributed by atoms with E-state index < -0.39 is 0 Å². The number of rotatable bonds is 3. The first-order valence-electron chi connectivity index (χ1n) is 8.15. The second kappa shape index (κ2) is 6.76. The SMILES string of the molecule is O=C(c1cccnc1)N1CCCC[C@@H]1c1nc(-c2ncccn2)no1. The Morgan fingerprint density at radius 2 is 2.00 bits per heavy atom. The molecule has 1 fully saturated rings. The van der Waals surface area contributed by atoms with Crippen molar-refractivity contribution >= 4 is 5.91 Å². The van der Waals surface area contributed by atoms with Crippen LogP contribution in [0.4, 0.5) is 0 Å². The van der Waals surface area contributed by atoms with Crippen molar-refractivity contribution in [3.8, 4) is 11.6 Å². The molecule has 1 atom stereocenters. The van der Waals surface area contributed by atoms with Crippen LogP contribution in [-0.4, -0.2) is 42.4 Å². The van der Waals surface area contributed by atoms with Crippen molar-refractivity contribution in [2.24, 2.45) is 0 Å². The molecule has 0 aliphatic carbocycles. The lowest BCUT2D eigenvalue weighted by Crippen LogP contribution is -2.38. The maximum absolute atomic E-state index is 12.8. The van der Waals surface area contributed by atoms with Crippen LogP contribution in [-0.2, 0) is 0 Å². The molecule has 4 heterocycles. The van der Waals surface area contributed by atoms with E-state index >= 15 is 0 Å². The van der Waals surface area contributed by atoms with Gasteiger partial charge in [0.05, 0.1) is 5.56 Å². The molecule has 0 spiro atoms. The van der Waals surface area contributed by atoms with E-state index in [1.165, 1.54) is 0 Å². The molecule has 8 heteroatoms. The second-order valence-electron chi connectivity index (χ2n) is 5.78. The normalized spacial score (nSPS) is 17.4. The van der Waals surface area contributed by atoms with Crippen LogP contribution < -0.4 is 0 Å². The van der Waals surface area contributed by atoms with Gasteiger partial charge in [-0.2, -0.15) is 4.98 Å². The highest BCUT2D eigenvalue weighted by atomic mass is 16.5. The third-order valence-corrected chi connectivity index (χ3v) is 4.16. The van der Waals surface area contributed by atoms with E-state index in [0.29, 0.717) is 29.6 Å². The fourth-order valence-corrected chi connectivity index (χ4v) is 2.96. The summed E-state index contributed by atoms with van der Waals surface area (Å²) < 4.78 is 5.42. The maximum atomic E-state index is 12.8. The molecule has 1 aliphatic rings. The summed E-state index contributed by atoms with van der Waals surface area (Å²) in [5.74, 6) is 1.07. The molecule has 0 radical (unpaired) electrons. The summed E-state index contributed by atoms with van der Waals surface area (Å²) in [6.07, 6.45) is 9.20. The second-order valence-corrected chi connectivity index (χ2v) is 5.78. The summed E-state index contributed by atoms with van der Waals surface area (Å²) >= 11 is 0. The zero-order valence-corrected chi connectivity index (χ0v) is 13.4.